The zero-order valence-electron chi connectivity index (χ0n) is 19.2. The largest absolute Gasteiger partial charge is 0.493 e. The van der Waals surface area contributed by atoms with E-state index >= 15 is 0 Å². The summed E-state index contributed by atoms with van der Waals surface area (Å²) < 4.78 is 30.5. The number of H-pyrrole nitrogens is 1. The SMILES string of the molecule is CCOC(=O)c1[nH]c2c(c1Cc1c(F)cccc1Cl)C(=O)C[C@H](c1ccc(OC)c(OC)c1)C2. The van der Waals surface area contributed by atoms with Crippen molar-refractivity contribution in [3.8, 4) is 11.5 Å². The lowest BCUT2D eigenvalue weighted by Gasteiger charge is -2.23. The van der Waals surface area contributed by atoms with Crippen molar-refractivity contribution in [2.45, 2.75) is 32.1 Å². The molecule has 6 nitrogen and oxygen atoms in total. The van der Waals surface area contributed by atoms with Gasteiger partial charge in [-0.2, -0.15) is 0 Å². The number of carbonyl (C=O) groups excluding carboxylic acids is 2. The minimum Gasteiger partial charge on any atom is -0.493 e. The van der Waals surface area contributed by atoms with E-state index in [0.717, 1.165) is 5.56 Å². The van der Waals surface area contributed by atoms with Crippen LogP contribution in [0.25, 0.3) is 0 Å². The lowest BCUT2D eigenvalue weighted by Crippen LogP contribution is -2.19. The number of aromatic nitrogens is 1. The zero-order chi connectivity index (χ0) is 24.4. The fourth-order valence-electron chi connectivity index (χ4n) is 4.50. The number of methoxy groups -OCH3 is 2. The van der Waals surface area contributed by atoms with Crippen LogP contribution in [0, 0.1) is 5.82 Å². The molecule has 178 valence electrons. The summed E-state index contributed by atoms with van der Waals surface area (Å²) in [4.78, 5) is 29.2. The molecule has 0 fully saturated rings. The third-order valence-corrected chi connectivity index (χ3v) is 6.47. The lowest BCUT2D eigenvalue weighted by molar-refractivity contribution is 0.0519. The first-order chi connectivity index (χ1) is 16.4. The van der Waals surface area contributed by atoms with E-state index in [1.54, 1.807) is 33.3 Å². The second-order valence-corrected chi connectivity index (χ2v) is 8.48. The van der Waals surface area contributed by atoms with Crippen LogP contribution in [-0.4, -0.2) is 37.6 Å². The predicted octanol–water partition coefficient (Wildman–Crippen LogP) is 5.50. The first kappa shape index (κ1) is 23.8. The Morgan fingerprint density at radius 1 is 1.12 bits per heavy atom. The normalized spacial score (nSPS) is 15.1. The van der Waals surface area contributed by atoms with Gasteiger partial charge >= 0.3 is 5.97 Å². The van der Waals surface area contributed by atoms with Crippen molar-refractivity contribution in [2.24, 2.45) is 0 Å². The molecule has 1 heterocycles. The summed E-state index contributed by atoms with van der Waals surface area (Å²) in [6.45, 7) is 1.87. The second-order valence-electron chi connectivity index (χ2n) is 8.07. The van der Waals surface area contributed by atoms with Crippen molar-refractivity contribution in [1.29, 1.82) is 0 Å². The van der Waals surface area contributed by atoms with Gasteiger partial charge in [0.15, 0.2) is 17.3 Å². The summed E-state index contributed by atoms with van der Waals surface area (Å²) in [7, 11) is 3.12. The van der Waals surface area contributed by atoms with Crippen LogP contribution in [0.15, 0.2) is 36.4 Å². The van der Waals surface area contributed by atoms with Gasteiger partial charge in [0.25, 0.3) is 0 Å². The zero-order valence-corrected chi connectivity index (χ0v) is 19.9. The van der Waals surface area contributed by atoms with Crippen LogP contribution in [-0.2, 0) is 17.6 Å². The fourth-order valence-corrected chi connectivity index (χ4v) is 4.73. The molecule has 3 aromatic rings. The van der Waals surface area contributed by atoms with E-state index in [4.69, 9.17) is 25.8 Å². The highest BCUT2D eigenvalue weighted by Gasteiger charge is 2.34. The molecule has 0 radical (unpaired) electrons. The van der Waals surface area contributed by atoms with E-state index in [-0.39, 0.29) is 47.4 Å². The second kappa shape index (κ2) is 9.89. The Hall–Kier alpha value is -3.32. The number of carbonyl (C=O) groups is 2. The first-order valence-electron chi connectivity index (χ1n) is 11.0. The quantitative estimate of drug-likeness (QED) is 0.447. The number of benzene rings is 2. The number of Topliss-reactive ketones (excluding diaryl/α,β-unsaturated/α-hetero) is 1. The van der Waals surface area contributed by atoms with Crippen molar-refractivity contribution >= 4 is 23.4 Å². The first-order valence-corrected chi connectivity index (χ1v) is 11.3. The number of ether oxygens (including phenoxy) is 3. The van der Waals surface area contributed by atoms with Gasteiger partial charge in [-0.15, -0.1) is 0 Å². The minimum atomic E-state index is -0.588. The third kappa shape index (κ3) is 4.40. The highest BCUT2D eigenvalue weighted by Crippen LogP contribution is 2.39. The molecule has 0 saturated heterocycles. The van der Waals surface area contributed by atoms with Gasteiger partial charge < -0.3 is 19.2 Å². The van der Waals surface area contributed by atoms with Crippen molar-refractivity contribution < 1.29 is 28.2 Å². The van der Waals surface area contributed by atoms with Crippen LogP contribution >= 0.6 is 11.6 Å². The van der Waals surface area contributed by atoms with Crippen molar-refractivity contribution in [1.82, 2.24) is 4.98 Å². The van der Waals surface area contributed by atoms with Gasteiger partial charge in [0.2, 0.25) is 0 Å². The standard InChI is InChI=1S/C26H25ClFNO5/c1-4-34-26(31)25-17(13-16-18(27)6-5-7-19(16)28)24-20(29-25)10-15(11-21(24)30)14-8-9-22(32-2)23(12-14)33-3/h5-9,12,15,29H,4,10-11,13H2,1-3H3/t15-/m1/s1. The fraction of sp³-hybridized carbons (Fsp3) is 0.308. The molecule has 34 heavy (non-hydrogen) atoms. The third-order valence-electron chi connectivity index (χ3n) is 6.12. The molecular weight excluding hydrogens is 461 g/mol. The van der Waals surface area contributed by atoms with Crippen molar-refractivity contribution in [2.75, 3.05) is 20.8 Å². The number of aromatic amines is 1. The minimum absolute atomic E-state index is 0.00173. The topological polar surface area (TPSA) is 77.6 Å². The van der Waals surface area contributed by atoms with Crippen LogP contribution in [0.3, 0.4) is 0 Å². The number of rotatable bonds is 7. The van der Waals surface area contributed by atoms with Crippen molar-refractivity contribution in [3.05, 3.63) is 80.9 Å². The van der Waals surface area contributed by atoms with Crippen LogP contribution in [0.5, 0.6) is 11.5 Å². The number of esters is 1. The highest BCUT2D eigenvalue weighted by molar-refractivity contribution is 6.31. The number of hydrogen-bond donors (Lipinski definition) is 1. The molecule has 0 saturated carbocycles. The molecule has 1 aliphatic rings. The summed E-state index contributed by atoms with van der Waals surface area (Å²) in [5.41, 5.74) is 2.76. The van der Waals surface area contributed by atoms with E-state index in [2.05, 4.69) is 4.98 Å². The van der Waals surface area contributed by atoms with Crippen LogP contribution in [0.2, 0.25) is 5.02 Å². The van der Waals surface area contributed by atoms with E-state index in [9.17, 15) is 14.0 Å². The molecule has 1 aromatic heterocycles. The number of halogens is 2. The number of nitrogens with one attached hydrogen (secondary N) is 1. The average Bonchev–Trinajstić information content (AvgIpc) is 3.20. The molecule has 0 bridgehead atoms. The Kier molecular flexibility index (Phi) is 6.93. The molecule has 0 amide bonds. The number of ketones is 1. The van der Waals surface area contributed by atoms with Crippen LogP contribution in [0.1, 0.15) is 62.5 Å². The molecule has 4 rings (SSSR count). The lowest BCUT2D eigenvalue weighted by atomic mass is 9.80. The van der Waals surface area contributed by atoms with E-state index in [1.165, 1.54) is 12.1 Å². The Balaban J connectivity index is 1.76. The molecule has 0 unspecified atom stereocenters. The summed E-state index contributed by atoms with van der Waals surface area (Å²) in [6.07, 6.45) is 0.729. The van der Waals surface area contributed by atoms with E-state index in [1.807, 2.05) is 12.1 Å². The molecule has 0 aliphatic heterocycles. The predicted molar refractivity (Wildman–Crippen MR) is 126 cm³/mol. The highest BCUT2D eigenvalue weighted by atomic mass is 35.5. The van der Waals surface area contributed by atoms with Gasteiger partial charge in [0, 0.05) is 40.2 Å². The van der Waals surface area contributed by atoms with Gasteiger partial charge in [-0.05, 0) is 49.1 Å². The molecule has 1 N–H and O–H groups in total. The summed E-state index contributed by atoms with van der Waals surface area (Å²) in [5, 5.41) is 0.233. The maximum Gasteiger partial charge on any atom is 0.355 e. The van der Waals surface area contributed by atoms with Gasteiger partial charge in [-0.3, -0.25) is 4.79 Å². The molecular formula is C26H25ClFNO5. The summed E-state index contributed by atoms with van der Waals surface area (Å²) in [5.74, 6) is -0.165. The maximum atomic E-state index is 14.6. The van der Waals surface area contributed by atoms with Gasteiger partial charge in [0.1, 0.15) is 11.5 Å². The summed E-state index contributed by atoms with van der Waals surface area (Å²) >= 11 is 6.24. The smallest absolute Gasteiger partial charge is 0.355 e. The molecule has 0 spiro atoms. The molecule has 8 heteroatoms. The molecule has 2 aromatic carbocycles. The number of fused-ring (bicyclic) bond motifs is 1. The molecule has 1 aliphatic carbocycles. The Bertz CT molecular complexity index is 1230. The van der Waals surface area contributed by atoms with E-state index in [0.29, 0.717) is 34.7 Å². The Labute approximate surface area is 202 Å². The monoisotopic (exact) mass is 485 g/mol. The molecule has 1 atom stereocenters. The van der Waals surface area contributed by atoms with Gasteiger partial charge in [-0.1, -0.05) is 23.7 Å². The Morgan fingerprint density at radius 3 is 2.56 bits per heavy atom. The maximum absolute atomic E-state index is 14.6. The van der Waals surface area contributed by atoms with Crippen LogP contribution in [0.4, 0.5) is 4.39 Å². The van der Waals surface area contributed by atoms with E-state index < -0.39 is 11.8 Å². The van der Waals surface area contributed by atoms with Crippen molar-refractivity contribution in [3.63, 3.8) is 0 Å². The average molecular weight is 486 g/mol. The van der Waals surface area contributed by atoms with Gasteiger partial charge in [-0.25, -0.2) is 9.18 Å². The van der Waals surface area contributed by atoms with Gasteiger partial charge in [0.05, 0.1) is 20.8 Å². The Morgan fingerprint density at radius 2 is 1.88 bits per heavy atom. The number of hydrogen-bond acceptors (Lipinski definition) is 5. The summed E-state index contributed by atoms with van der Waals surface area (Å²) in [6, 6.07) is 9.96. The van der Waals surface area contributed by atoms with Crippen LogP contribution < -0.4 is 9.47 Å².